The number of amides is 1. The Balaban J connectivity index is 2.16. The summed E-state index contributed by atoms with van der Waals surface area (Å²) in [5.74, 6) is 0.211. The van der Waals surface area contributed by atoms with Gasteiger partial charge in [-0.2, -0.15) is 0 Å². The second-order valence-corrected chi connectivity index (χ2v) is 6.97. The highest BCUT2D eigenvalue weighted by Crippen LogP contribution is 2.27. The van der Waals surface area contributed by atoms with E-state index in [0.717, 1.165) is 24.8 Å². The van der Waals surface area contributed by atoms with Crippen molar-refractivity contribution < 1.29 is 13.2 Å². The van der Waals surface area contributed by atoms with Crippen LogP contribution in [0.15, 0.2) is 23.1 Å². The van der Waals surface area contributed by atoms with Crippen LogP contribution in [0.1, 0.15) is 38.2 Å². The van der Waals surface area contributed by atoms with E-state index in [1.807, 2.05) is 6.92 Å². The van der Waals surface area contributed by atoms with Crippen LogP contribution in [-0.2, 0) is 21.1 Å². The first kappa shape index (κ1) is 14.1. The molecule has 5 heteroatoms. The molecule has 0 saturated heterocycles. The van der Waals surface area contributed by atoms with Gasteiger partial charge in [-0.25, -0.2) is 8.42 Å². The first-order valence-electron chi connectivity index (χ1n) is 6.68. The van der Waals surface area contributed by atoms with E-state index >= 15 is 0 Å². The lowest BCUT2D eigenvalue weighted by Crippen LogP contribution is -2.17. The molecule has 1 heterocycles. The molecular formula is C14H19NO3S. The lowest BCUT2D eigenvalue weighted by Gasteiger charge is -2.17. The van der Waals surface area contributed by atoms with Gasteiger partial charge in [0.2, 0.25) is 5.91 Å². The van der Waals surface area contributed by atoms with Gasteiger partial charge in [0.05, 0.1) is 10.6 Å². The minimum Gasteiger partial charge on any atom is -0.326 e. The molecule has 1 aromatic rings. The average Bonchev–Trinajstić information content (AvgIpc) is 2.35. The second-order valence-electron chi connectivity index (χ2n) is 4.90. The van der Waals surface area contributed by atoms with Gasteiger partial charge in [0, 0.05) is 12.1 Å². The molecule has 104 valence electrons. The van der Waals surface area contributed by atoms with E-state index in [0.29, 0.717) is 23.4 Å². The smallest absolute Gasteiger partial charge is 0.224 e. The average molecular weight is 281 g/mol. The fourth-order valence-corrected chi connectivity index (χ4v) is 3.86. The van der Waals surface area contributed by atoms with Gasteiger partial charge in [-0.3, -0.25) is 4.79 Å². The number of nitrogens with one attached hydrogen (secondary N) is 1. The van der Waals surface area contributed by atoms with Crippen LogP contribution in [0.25, 0.3) is 0 Å². The summed E-state index contributed by atoms with van der Waals surface area (Å²) in [6.07, 6.45) is 3.77. The van der Waals surface area contributed by atoms with Crippen LogP contribution in [0.4, 0.5) is 5.69 Å². The highest BCUT2D eigenvalue weighted by atomic mass is 32.2. The highest BCUT2D eigenvalue weighted by molar-refractivity contribution is 7.91. The molecule has 19 heavy (non-hydrogen) atoms. The van der Waals surface area contributed by atoms with Gasteiger partial charge < -0.3 is 5.32 Å². The predicted octanol–water partition coefficient (Wildman–Crippen LogP) is 2.54. The summed E-state index contributed by atoms with van der Waals surface area (Å²) in [6, 6.07) is 5.07. The number of anilines is 1. The molecule has 0 aliphatic carbocycles. The molecule has 0 unspecified atom stereocenters. The van der Waals surface area contributed by atoms with Crippen LogP contribution in [0.5, 0.6) is 0 Å². The number of unbranched alkanes of at least 4 members (excludes halogenated alkanes) is 1. The quantitative estimate of drug-likeness (QED) is 0.922. The third-order valence-corrected chi connectivity index (χ3v) is 5.19. The van der Waals surface area contributed by atoms with Crippen molar-refractivity contribution >= 4 is 21.4 Å². The molecule has 1 amide bonds. The highest BCUT2D eigenvalue weighted by Gasteiger charge is 2.23. The molecule has 1 N–H and O–H groups in total. The van der Waals surface area contributed by atoms with E-state index in [1.54, 1.807) is 18.2 Å². The van der Waals surface area contributed by atoms with E-state index in [1.165, 1.54) is 0 Å². The Morgan fingerprint density at radius 3 is 2.89 bits per heavy atom. The Kier molecular flexibility index (Phi) is 4.24. The number of fused-ring (bicyclic) bond motifs is 1. The molecule has 0 radical (unpaired) electrons. The molecule has 1 aliphatic rings. The topological polar surface area (TPSA) is 63.2 Å². The molecule has 0 fully saturated rings. The fourth-order valence-electron chi connectivity index (χ4n) is 2.28. The number of hydrogen-bond acceptors (Lipinski definition) is 3. The van der Waals surface area contributed by atoms with Crippen molar-refractivity contribution in [2.45, 2.75) is 43.9 Å². The summed E-state index contributed by atoms with van der Waals surface area (Å²) >= 11 is 0. The third kappa shape index (κ3) is 3.35. The largest absolute Gasteiger partial charge is 0.326 e. The van der Waals surface area contributed by atoms with Gasteiger partial charge in [-0.05, 0) is 43.0 Å². The minimum atomic E-state index is -3.11. The lowest BCUT2D eigenvalue weighted by atomic mass is 10.1. The van der Waals surface area contributed by atoms with E-state index in [-0.39, 0.29) is 11.7 Å². The van der Waals surface area contributed by atoms with E-state index in [9.17, 15) is 13.2 Å². The zero-order chi connectivity index (χ0) is 13.9. The zero-order valence-corrected chi connectivity index (χ0v) is 11.9. The molecule has 2 rings (SSSR count). The summed E-state index contributed by atoms with van der Waals surface area (Å²) in [5.41, 5.74) is 1.51. The summed E-state index contributed by atoms with van der Waals surface area (Å²) < 4.78 is 23.7. The molecule has 0 aromatic heterocycles. The van der Waals surface area contributed by atoms with Crippen molar-refractivity contribution in [2.75, 3.05) is 11.1 Å². The molecule has 0 spiro atoms. The number of aryl methyl sites for hydroxylation is 1. The van der Waals surface area contributed by atoms with Crippen LogP contribution in [-0.4, -0.2) is 20.1 Å². The molecule has 0 atom stereocenters. The van der Waals surface area contributed by atoms with Gasteiger partial charge in [0.15, 0.2) is 9.84 Å². The van der Waals surface area contributed by atoms with Crippen LogP contribution in [0.2, 0.25) is 0 Å². The fraction of sp³-hybridized carbons (Fsp3) is 0.500. The van der Waals surface area contributed by atoms with Gasteiger partial charge in [0.25, 0.3) is 0 Å². The van der Waals surface area contributed by atoms with Crippen LogP contribution in [0, 0.1) is 0 Å². The number of benzene rings is 1. The molecule has 0 bridgehead atoms. The summed E-state index contributed by atoms with van der Waals surface area (Å²) in [5, 5.41) is 2.82. The number of carbonyl (C=O) groups excluding carboxylic acids is 1. The first-order chi connectivity index (χ1) is 9.03. The summed E-state index contributed by atoms with van der Waals surface area (Å²) in [4.78, 5) is 12.1. The lowest BCUT2D eigenvalue weighted by molar-refractivity contribution is -0.116. The van der Waals surface area contributed by atoms with Crippen molar-refractivity contribution in [3.8, 4) is 0 Å². The maximum absolute atomic E-state index is 11.9. The van der Waals surface area contributed by atoms with Gasteiger partial charge in [0.1, 0.15) is 0 Å². The zero-order valence-electron chi connectivity index (χ0n) is 11.1. The second kappa shape index (κ2) is 5.74. The van der Waals surface area contributed by atoms with Crippen LogP contribution >= 0.6 is 0 Å². The number of carbonyl (C=O) groups is 1. The normalized spacial score (nSPS) is 16.7. The summed E-state index contributed by atoms with van der Waals surface area (Å²) in [7, 11) is -3.11. The number of rotatable bonds is 4. The molecular weight excluding hydrogens is 262 g/mol. The Bertz CT molecular complexity index is 578. The molecule has 1 aliphatic heterocycles. The Morgan fingerprint density at radius 2 is 2.16 bits per heavy atom. The van der Waals surface area contributed by atoms with E-state index in [2.05, 4.69) is 5.32 Å². The van der Waals surface area contributed by atoms with Crippen molar-refractivity contribution in [1.29, 1.82) is 0 Å². The third-order valence-electron chi connectivity index (χ3n) is 3.30. The van der Waals surface area contributed by atoms with Gasteiger partial charge in [-0.1, -0.05) is 13.3 Å². The predicted molar refractivity (Wildman–Crippen MR) is 75.0 cm³/mol. The monoisotopic (exact) mass is 281 g/mol. The Morgan fingerprint density at radius 1 is 1.37 bits per heavy atom. The maximum Gasteiger partial charge on any atom is 0.224 e. The molecule has 1 aromatic carbocycles. The standard InChI is InChI=1S/C14H19NO3S/c1-2-3-6-14(16)15-12-7-8-13-11(10-12)5-4-9-19(13,17)18/h7-8,10H,2-6,9H2,1H3,(H,15,16). The van der Waals surface area contributed by atoms with Crippen molar-refractivity contribution in [3.63, 3.8) is 0 Å². The van der Waals surface area contributed by atoms with E-state index in [4.69, 9.17) is 0 Å². The minimum absolute atomic E-state index is 0.0135. The van der Waals surface area contributed by atoms with Crippen molar-refractivity contribution in [2.24, 2.45) is 0 Å². The number of hydrogen-bond donors (Lipinski definition) is 1. The Labute approximate surface area is 114 Å². The SMILES string of the molecule is CCCCC(=O)Nc1ccc2c(c1)CCCS2(=O)=O. The van der Waals surface area contributed by atoms with Crippen LogP contribution in [0.3, 0.4) is 0 Å². The van der Waals surface area contributed by atoms with Crippen LogP contribution < -0.4 is 5.32 Å². The molecule has 0 saturated carbocycles. The Hall–Kier alpha value is -1.36. The first-order valence-corrected chi connectivity index (χ1v) is 8.33. The number of sulfone groups is 1. The molecule has 4 nitrogen and oxygen atoms in total. The van der Waals surface area contributed by atoms with E-state index < -0.39 is 9.84 Å². The van der Waals surface area contributed by atoms with Gasteiger partial charge >= 0.3 is 0 Å². The van der Waals surface area contributed by atoms with Crippen molar-refractivity contribution in [1.82, 2.24) is 0 Å². The van der Waals surface area contributed by atoms with Gasteiger partial charge in [-0.15, -0.1) is 0 Å². The maximum atomic E-state index is 11.9. The summed E-state index contributed by atoms with van der Waals surface area (Å²) in [6.45, 7) is 2.04. The van der Waals surface area contributed by atoms with Crippen molar-refractivity contribution in [3.05, 3.63) is 23.8 Å².